The predicted molar refractivity (Wildman–Crippen MR) is 75.0 cm³/mol. The van der Waals surface area contributed by atoms with E-state index in [1.165, 1.54) is 11.2 Å². The van der Waals surface area contributed by atoms with Crippen molar-refractivity contribution in [2.45, 2.75) is 26.3 Å². The average Bonchev–Trinajstić information content (AvgIpc) is 2.66. The van der Waals surface area contributed by atoms with Crippen molar-refractivity contribution in [3.05, 3.63) is 35.0 Å². The second kappa shape index (κ2) is 5.11. The molecular weight excluding hydrogens is 232 g/mol. The number of fused-ring (bicyclic) bond motifs is 1. The van der Waals surface area contributed by atoms with Gasteiger partial charge in [0.15, 0.2) is 0 Å². The molecule has 1 aromatic carbocycles. The number of hydrogen-bond donors (Lipinski definition) is 1. The minimum absolute atomic E-state index is 0.456. The molecule has 92 valence electrons. The molecule has 0 aliphatic rings. The third-order valence-electron chi connectivity index (χ3n) is 3.06. The SMILES string of the molecule is CNCCc1cc2c(Cl)cccc2n1C(C)C. The van der Waals surface area contributed by atoms with Crippen molar-refractivity contribution in [3.8, 4) is 0 Å². The van der Waals surface area contributed by atoms with Gasteiger partial charge in [-0.3, -0.25) is 0 Å². The summed E-state index contributed by atoms with van der Waals surface area (Å²) >= 11 is 6.25. The maximum absolute atomic E-state index is 6.25. The van der Waals surface area contributed by atoms with Crippen LogP contribution >= 0.6 is 11.6 Å². The molecule has 0 fully saturated rings. The fraction of sp³-hybridized carbons (Fsp3) is 0.429. The van der Waals surface area contributed by atoms with Gasteiger partial charge < -0.3 is 9.88 Å². The summed E-state index contributed by atoms with van der Waals surface area (Å²) < 4.78 is 2.37. The van der Waals surface area contributed by atoms with Gasteiger partial charge in [-0.2, -0.15) is 0 Å². The molecule has 0 aliphatic carbocycles. The van der Waals surface area contributed by atoms with Crippen molar-refractivity contribution in [2.24, 2.45) is 0 Å². The molecule has 0 unspecified atom stereocenters. The fourth-order valence-corrected chi connectivity index (χ4v) is 2.55. The maximum Gasteiger partial charge on any atom is 0.0500 e. The summed E-state index contributed by atoms with van der Waals surface area (Å²) in [6.45, 7) is 5.41. The zero-order valence-electron chi connectivity index (χ0n) is 10.6. The smallest absolute Gasteiger partial charge is 0.0500 e. The number of aromatic nitrogens is 1. The summed E-state index contributed by atoms with van der Waals surface area (Å²) in [5, 5.41) is 5.20. The highest BCUT2D eigenvalue weighted by atomic mass is 35.5. The first-order chi connectivity index (χ1) is 8.15. The van der Waals surface area contributed by atoms with E-state index in [0.717, 1.165) is 23.4 Å². The van der Waals surface area contributed by atoms with Crippen LogP contribution in [0, 0.1) is 0 Å². The van der Waals surface area contributed by atoms with Gasteiger partial charge in [0.1, 0.15) is 0 Å². The fourth-order valence-electron chi connectivity index (χ4n) is 2.32. The topological polar surface area (TPSA) is 17.0 Å². The van der Waals surface area contributed by atoms with E-state index < -0.39 is 0 Å². The highest BCUT2D eigenvalue weighted by molar-refractivity contribution is 6.35. The van der Waals surface area contributed by atoms with Crippen LogP contribution in [-0.4, -0.2) is 18.2 Å². The third kappa shape index (κ3) is 2.33. The second-order valence-electron chi connectivity index (χ2n) is 4.63. The first-order valence-corrected chi connectivity index (χ1v) is 6.46. The standard InChI is InChI=1S/C14H19ClN2/c1-10(2)17-11(7-8-16-3)9-12-13(15)5-4-6-14(12)17/h4-6,9-10,16H,7-8H2,1-3H3. The number of rotatable bonds is 4. The summed E-state index contributed by atoms with van der Waals surface area (Å²) in [6, 6.07) is 8.79. The Balaban J connectivity index is 2.58. The highest BCUT2D eigenvalue weighted by Crippen LogP contribution is 2.29. The molecule has 0 atom stereocenters. The van der Waals surface area contributed by atoms with Gasteiger partial charge in [-0.15, -0.1) is 0 Å². The Hall–Kier alpha value is -0.990. The largest absolute Gasteiger partial charge is 0.342 e. The third-order valence-corrected chi connectivity index (χ3v) is 3.39. The van der Waals surface area contributed by atoms with Crippen LogP contribution in [0.2, 0.25) is 5.02 Å². The van der Waals surface area contributed by atoms with Crippen molar-refractivity contribution in [1.29, 1.82) is 0 Å². The molecule has 0 spiro atoms. The van der Waals surface area contributed by atoms with Gasteiger partial charge in [-0.1, -0.05) is 17.7 Å². The molecule has 0 radical (unpaired) electrons. The molecule has 1 N–H and O–H groups in total. The normalized spacial score (nSPS) is 11.6. The second-order valence-corrected chi connectivity index (χ2v) is 5.03. The Bertz CT molecular complexity index is 514. The van der Waals surface area contributed by atoms with Gasteiger partial charge in [0.25, 0.3) is 0 Å². The predicted octanol–water partition coefficient (Wildman–Crippen LogP) is 3.64. The molecule has 3 heteroatoms. The molecule has 0 amide bonds. The van der Waals surface area contributed by atoms with Gasteiger partial charge in [-0.05, 0) is 39.1 Å². The molecule has 0 aliphatic heterocycles. The van der Waals surface area contributed by atoms with Crippen LogP contribution in [0.5, 0.6) is 0 Å². The van der Waals surface area contributed by atoms with Gasteiger partial charge >= 0.3 is 0 Å². The number of benzene rings is 1. The molecule has 1 aromatic heterocycles. The van der Waals surface area contributed by atoms with E-state index in [4.69, 9.17) is 11.6 Å². The quantitative estimate of drug-likeness (QED) is 0.877. The van der Waals surface area contributed by atoms with E-state index >= 15 is 0 Å². The lowest BCUT2D eigenvalue weighted by molar-refractivity contribution is 0.587. The van der Waals surface area contributed by atoms with Gasteiger partial charge in [-0.25, -0.2) is 0 Å². The molecule has 0 saturated carbocycles. The summed E-state index contributed by atoms with van der Waals surface area (Å²) in [5.74, 6) is 0. The van der Waals surface area contributed by atoms with Gasteiger partial charge in [0.2, 0.25) is 0 Å². The highest BCUT2D eigenvalue weighted by Gasteiger charge is 2.12. The van der Waals surface area contributed by atoms with Crippen LogP contribution < -0.4 is 5.32 Å². The van der Waals surface area contributed by atoms with E-state index in [1.807, 2.05) is 19.2 Å². The molecule has 0 bridgehead atoms. The Morgan fingerprint density at radius 2 is 2.12 bits per heavy atom. The lowest BCUT2D eigenvalue weighted by atomic mass is 10.2. The summed E-state index contributed by atoms with van der Waals surface area (Å²) in [6.07, 6.45) is 1.03. The number of nitrogens with zero attached hydrogens (tertiary/aromatic N) is 1. The van der Waals surface area contributed by atoms with Crippen molar-refractivity contribution in [3.63, 3.8) is 0 Å². The van der Waals surface area contributed by atoms with Crippen molar-refractivity contribution < 1.29 is 0 Å². The van der Waals surface area contributed by atoms with Crippen LogP contribution in [0.15, 0.2) is 24.3 Å². The average molecular weight is 251 g/mol. The first kappa shape index (κ1) is 12.5. The lowest BCUT2D eigenvalue weighted by Crippen LogP contribution is -2.14. The Morgan fingerprint density at radius 1 is 1.35 bits per heavy atom. The van der Waals surface area contributed by atoms with Crippen LogP contribution in [-0.2, 0) is 6.42 Å². The van der Waals surface area contributed by atoms with E-state index in [1.54, 1.807) is 0 Å². The molecule has 17 heavy (non-hydrogen) atoms. The molecular formula is C14H19ClN2. The van der Waals surface area contributed by atoms with Crippen LogP contribution in [0.4, 0.5) is 0 Å². The lowest BCUT2D eigenvalue weighted by Gasteiger charge is -2.14. The van der Waals surface area contributed by atoms with E-state index in [9.17, 15) is 0 Å². The molecule has 2 rings (SSSR count). The van der Waals surface area contributed by atoms with E-state index in [2.05, 4.69) is 35.9 Å². The van der Waals surface area contributed by atoms with Crippen molar-refractivity contribution in [1.82, 2.24) is 9.88 Å². The summed E-state index contributed by atoms with van der Waals surface area (Å²) in [5.41, 5.74) is 2.58. The minimum atomic E-state index is 0.456. The number of halogens is 1. The zero-order chi connectivity index (χ0) is 12.4. The summed E-state index contributed by atoms with van der Waals surface area (Å²) in [4.78, 5) is 0. The summed E-state index contributed by atoms with van der Waals surface area (Å²) in [7, 11) is 1.98. The Kier molecular flexibility index (Phi) is 3.75. The number of likely N-dealkylation sites (N-methyl/N-ethyl adjacent to an activating group) is 1. The Labute approximate surface area is 108 Å². The first-order valence-electron chi connectivity index (χ1n) is 6.08. The van der Waals surface area contributed by atoms with Crippen molar-refractivity contribution in [2.75, 3.05) is 13.6 Å². The van der Waals surface area contributed by atoms with Crippen LogP contribution in [0.3, 0.4) is 0 Å². The molecule has 2 aromatic rings. The van der Waals surface area contributed by atoms with Crippen LogP contribution in [0.25, 0.3) is 10.9 Å². The van der Waals surface area contributed by atoms with Crippen LogP contribution in [0.1, 0.15) is 25.6 Å². The van der Waals surface area contributed by atoms with E-state index in [0.29, 0.717) is 6.04 Å². The maximum atomic E-state index is 6.25. The van der Waals surface area contributed by atoms with Crippen molar-refractivity contribution >= 4 is 22.5 Å². The molecule has 2 nitrogen and oxygen atoms in total. The Morgan fingerprint density at radius 3 is 2.76 bits per heavy atom. The number of nitrogens with one attached hydrogen (secondary N) is 1. The minimum Gasteiger partial charge on any atom is -0.342 e. The molecule has 1 heterocycles. The monoisotopic (exact) mass is 250 g/mol. The van der Waals surface area contributed by atoms with Gasteiger partial charge in [0.05, 0.1) is 0 Å². The van der Waals surface area contributed by atoms with E-state index in [-0.39, 0.29) is 0 Å². The number of hydrogen-bond acceptors (Lipinski definition) is 1. The zero-order valence-corrected chi connectivity index (χ0v) is 11.4. The molecule has 0 saturated heterocycles. The van der Waals surface area contributed by atoms with Gasteiger partial charge in [0, 0.05) is 40.6 Å².